The maximum Gasteiger partial charge on any atom is 0.322 e. The molecule has 2 aliphatic heterocycles. The Bertz CT molecular complexity index is 1130. The maximum atomic E-state index is 12.9. The first-order valence-corrected chi connectivity index (χ1v) is 13.5. The summed E-state index contributed by atoms with van der Waals surface area (Å²) in [6.45, 7) is 4.49. The van der Waals surface area contributed by atoms with Crippen LogP contribution in [0.2, 0.25) is 0 Å². The van der Waals surface area contributed by atoms with Gasteiger partial charge in [0.05, 0.1) is 12.8 Å². The second kappa shape index (κ2) is 12.1. The number of benzene rings is 2. The van der Waals surface area contributed by atoms with Crippen LogP contribution in [0, 0.1) is 0 Å². The number of amides is 3. The third-order valence-corrected chi connectivity index (χ3v) is 7.77. The Morgan fingerprint density at radius 1 is 1.22 bits per heavy atom. The van der Waals surface area contributed by atoms with Crippen LogP contribution in [0.3, 0.4) is 0 Å². The summed E-state index contributed by atoms with van der Waals surface area (Å²) in [7, 11) is 5.60. The van der Waals surface area contributed by atoms with Crippen LogP contribution in [0.15, 0.2) is 34.8 Å². The zero-order valence-electron chi connectivity index (χ0n) is 21.8. The van der Waals surface area contributed by atoms with Gasteiger partial charge in [0.25, 0.3) is 5.91 Å². The summed E-state index contributed by atoms with van der Waals surface area (Å²) in [6, 6.07) is 9.61. The number of hydrogen-bond acceptors (Lipinski definition) is 6. The molecule has 0 atom stereocenters. The Morgan fingerprint density at radius 3 is 2.68 bits per heavy atom. The summed E-state index contributed by atoms with van der Waals surface area (Å²) < 4.78 is 6.07. The molecule has 0 radical (unpaired) electrons. The van der Waals surface area contributed by atoms with Crippen LogP contribution in [0.4, 0.5) is 16.2 Å². The van der Waals surface area contributed by atoms with E-state index < -0.39 is 0 Å². The number of rotatable bonds is 8. The fourth-order valence-electron chi connectivity index (χ4n) is 5.07. The number of anilines is 2. The van der Waals surface area contributed by atoms with Crippen molar-refractivity contribution in [3.05, 3.63) is 51.5 Å². The number of nitrogen functional groups attached to an aromatic ring is 1. The highest BCUT2D eigenvalue weighted by molar-refractivity contribution is 9.10. The highest BCUT2D eigenvalue weighted by Crippen LogP contribution is 2.28. The van der Waals surface area contributed by atoms with Crippen molar-refractivity contribution in [3.8, 4) is 5.75 Å². The zero-order valence-corrected chi connectivity index (χ0v) is 23.4. The number of fused-ring (bicyclic) bond motifs is 1. The number of urea groups is 1. The fraction of sp³-hybridized carbons (Fsp3) is 0.481. The predicted molar refractivity (Wildman–Crippen MR) is 150 cm³/mol. The topological polar surface area (TPSA) is 103 Å². The zero-order chi connectivity index (χ0) is 26.5. The van der Waals surface area contributed by atoms with Gasteiger partial charge in [0.1, 0.15) is 5.75 Å². The minimum atomic E-state index is -0.104. The number of hydrogen-bond donors (Lipinski definition) is 3. The smallest absolute Gasteiger partial charge is 0.322 e. The number of halogens is 1. The molecule has 10 heteroatoms. The second-order valence-corrected chi connectivity index (χ2v) is 10.8. The predicted octanol–water partition coefficient (Wildman–Crippen LogP) is 3.39. The Morgan fingerprint density at radius 2 is 1.97 bits per heavy atom. The van der Waals surface area contributed by atoms with Crippen molar-refractivity contribution >= 4 is 39.2 Å². The molecule has 0 bridgehead atoms. The van der Waals surface area contributed by atoms with Gasteiger partial charge in [-0.05, 0) is 90.7 Å². The number of carbonyl (C=O) groups excluding carboxylic acids is 2. The summed E-state index contributed by atoms with van der Waals surface area (Å²) in [4.78, 5) is 32.1. The SMILES string of the molecule is COc1ccc2c(c1)CCN(C1CCN(CCNC(=O)c3cc(Br)c(N)c(CN(C)C)c3)CC1)C(=O)N2. The molecule has 37 heavy (non-hydrogen) atoms. The average Bonchev–Trinajstić information content (AvgIpc) is 3.04. The molecular weight excluding hydrogens is 536 g/mol. The van der Waals surface area contributed by atoms with Crippen LogP contribution in [0.5, 0.6) is 5.75 Å². The standard InChI is InChI=1S/C27H37BrN6O3/c1-32(2)17-20-14-19(16-23(28)25(20)29)26(35)30-9-13-33-10-7-21(8-11-33)34-12-6-18-15-22(37-3)4-5-24(18)31-27(34)36/h4-5,14-16,21H,6-13,17,29H2,1-3H3,(H,30,35)(H,31,36). The third kappa shape index (κ3) is 6.74. The van der Waals surface area contributed by atoms with Gasteiger partial charge >= 0.3 is 6.03 Å². The molecule has 0 saturated carbocycles. The van der Waals surface area contributed by atoms with Crippen molar-refractivity contribution in [2.75, 3.05) is 65.0 Å². The largest absolute Gasteiger partial charge is 0.497 e. The van der Waals surface area contributed by atoms with Gasteiger partial charge in [-0.25, -0.2) is 4.79 Å². The molecule has 1 fully saturated rings. The van der Waals surface area contributed by atoms with E-state index in [4.69, 9.17) is 10.5 Å². The van der Waals surface area contributed by atoms with Crippen molar-refractivity contribution in [2.45, 2.75) is 31.8 Å². The number of nitrogens with two attached hydrogens (primary N) is 1. The minimum absolute atomic E-state index is 0.0297. The van der Waals surface area contributed by atoms with Crippen molar-refractivity contribution in [3.63, 3.8) is 0 Å². The second-order valence-electron chi connectivity index (χ2n) is 9.99. The molecule has 0 aromatic heterocycles. The molecular formula is C27H37BrN6O3. The summed E-state index contributed by atoms with van der Waals surface area (Å²) in [6.07, 6.45) is 2.63. The van der Waals surface area contributed by atoms with Crippen LogP contribution in [0.25, 0.3) is 0 Å². The number of carbonyl (C=O) groups is 2. The summed E-state index contributed by atoms with van der Waals surface area (Å²) in [5.74, 6) is 0.702. The highest BCUT2D eigenvalue weighted by Gasteiger charge is 2.30. The lowest BCUT2D eigenvalue weighted by molar-refractivity contribution is 0.0937. The lowest BCUT2D eigenvalue weighted by atomic mass is 10.0. The van der Waals surface area contributed by atoms with Crippen LogP contribution in [-0.2, 0) is 13.0 Å². The van der Waals surface area contributed by atoms with E-state index in [1.54, 1.807) is 13.2 Å². The lowest BCUT2D eigenvalue weighted by Gasteiger charge is -2.38. The molecule has 4 rings (SSSR count). The molecule has 1 saturated heterocycles. The molecule has 2 aliphatic rings. The van der Waals surface area contributed by atoms with E-state index >= 15 is 0 Å². The van der Waals surface area contributed by atoms with Crippen LogP contribution in [0.1, 0.15) is 34.3 Å². The Hall–Kier alpha value is -2.82. The van der Waals surface area contributed by atoms with E-state index in [0.29, 0.717) is 30.9 Å². The number of methoxy groups -OCH3 is 1. The van der Waals surface area contributed by atoms with E-state index in [-0.39, 0.29) is 18.0 Å². The number of nitrogens with one attached hydrogen (secondary N) is 2. The summed E-state index contributed by atoms with van der Waals surface area (Å²) >= 11 is 3.48. The molecule has 2 aromatic rings. The first-order valence-electron chi connectivity index (χ1n) is 12.7. The number of nitrogens with zero attached hydrogens (tertiary/aromatic N) is 3. The average molecular weight is 574 g/mol. The molecule has 3 amide bonds. The molecule has 2 heterocycles. The third-order valence-electron chi connectivity index (χ3n) is 7.11. The van der Waals surface area contributed by atoms with Gasteiger partial charge in [0.15, 0.2) is 0 Å². The van der Waals surface area contributed by atoms with Gasteiger partial charge in [-0.3, -0.25) is 4.79 Å². The summed E-state index contributed by atoms with van der Waals surface area (Å²) in [5, 5.41) is 6.11. The molecule has 200 valence electrons. The van der Waals surface area contributed by atoms with E-state index in [1.165, 1.54) is 0 Å². The Labute approximate surface area is 227 Å². The molecule has 0 aliphatic carbocycles. The van der Waals surface area contributed by atoms with Gasteiger partial charge < -0.3 is 35.8 Å². The van der Waals surface area contributed by atoms with Gasteiger partial charge in [-0.1, -0.05) is 0 Å². The first kappa shape index (κ1) is 27.2. The fourth-order valence-corrected chi connectivity index (χ4v) is 5.57. The van der Waals surface area contributed by atoms with Gasteiger partial charge in [0.2, 0.25) is 0 Å². The van der Waals surface area contributed by atoms with Crippen LogP contribution < -0.4 is 21.1 Å². The lowest BCUT2D eigenvalue weighted by Crippen LogP contribution is -2.49. The molecule has 0 unspecified atom stereocenters. The van der Waals surface area contributed by atoms with Crippen molar-refractivity contribution in [1.82, 2.24) is 20.0 Å². The van der Waals surface area contributed by atoms with Crippen LogP contribution >= 0.6 is 15.9 Å². The van der Waals surface area contributed by atoms with Gasteiger partial charge in [-0.2, -0.15) is 0 Å². The number of piperidine rings is 1. The Kier molecular flexibility index (Phi) is 8.94. The maximum absolute atomic E-state index is 12.9. The van der Waals surface area contributed by atoms with E-state index in [9.17, 15) is 9.59 Å². The van der Waals surface area contributed by atoms with Crippen molar-refractivity contribution < 1.29 is 14.3 Å². The quantitative estimate of drug-likeness (QED) is 0.419. The van der Waals surface area contributed by atoms with Crippen molar-refractivity contribution in [2.24, 2.45) is 0 Å². The van der Waals surface area contributed by atoms with E-state index in [1.807, 2.05) is 48.2 Å². The first-order chi connectivity index (χ1) is 17.7. The van der Waals surface area contributed by atoms with E-state index in [2.05, 4.69) is 31.5 Å². The molecule has 4 N–H and O–H groups in total. The monoisotopic (exact) mass is 572 g/mol. The summed E-state index contributed by atoms with van der Waals surface area (Å²) in [5.41, 5.74) is 10.3. The number of ether oxygens (including phenoxy) is 1. The van der Waals surface area contributed by atoms with Crippen molar-refractivity contribution in [1.29, 1.82) is 0 Å². The Balaban J connectivity index is 1.25. The van der Waals surface area contributed by atoms with Gasteiger partial charge in [-0.15, -0.1) is 0 Å². The normalized spacial score (nSPS) is 16.8. The highest BCUT2D eigenvalue weighted by atomic mass is 79.9. The molecule has 9 nitrogen and oxygen atoms in total. The van der Waals surface area contributed by atoms with E-state index in [0.717, 1.165) is 65.9 Å². The molecule has 0 spiro atoms. The van der Waals surface area contributed by atoms with Gasteiger partial charge in [0, 0.05) is 61.0 Å². The van der Waals surface area contributed by atoms with Crippen LogP contribution in [-0.4, -0.2) is 86.6 Å². The minimum Gasteiger partial charge on any atom is -0.497 e. The molecule has 2 aromatic carbocycles. The number of likely N-dealkylation sites (tertiary alicyclic amines) is 1.